The van der Waals surface area contributed by atoms with Crippen LogP contribution in [0.25, 0.3) is 0 Å². The van der Waals surface area contributed by atoms with Gasteiger partial charge >= 0.3 is 0 Å². The largest absolute Gasteiger partial charge is 0.378 e. The zero-order valence-corrected chi connectivity index (χ0v) is 10.4. The van der Waals surface area contributed by atoms with Crippen molar-refractivity contribution in [2.75, 3.05) is 19.8 Å². The Balaban J connectivity index is 0.000000980. The van der Waals surface area contributed by atoms with Gasteiger partial charge in [0.25, 0.3) is 0 Å². The molecule has 6 heteroatoms. The molecule has 1 aromatic rings. The Morgan fingerprint density at radius 3 is 2.87 bits per heavy atom. The van der Waals surface area contributed by atoms with Gasteiger partial charge in [-0.2, -0.15) is 0 Å². The number of aromatic nitrogens is 1. The summed E-state index contributed by atoms with van der Waals surface area (Å²) in [5.41, 5.74) is 1.02. The summed E-state index contributed by atoms with van der Waals surface area (Å²) in [4.78, 5) is 4.02. The number of ether oxygens (including phenoxy) is 1. The van der Waals surface area contributed by atoms with Crippen molar-refractivity contribution >= 4 is 36.4 Å². The minimum Gasteiger partial charge on any atom is -0.378 e. The third-order valence-corrected chi connectivity index (χ3v) is 2.40. The zero-order chi connectivity index (χ0) is 9.10. The van der Waals surface area contributed by atoms with Gasteiger partial charge in [-0.15, -0.1) is 24.8 Å². The zero-order valence-electron chi connectivity index (χ0n) is 7.98. The molecule has 1 atom stereocenters. The van der Waals surface area contributed by atoms with Crippen molar-refractivity contribution in [1.29, 1.82) is 0 Å². The molecule has 1 N–H and O–H groups in total. The predicted molar refractivity (Wildman–Crippen MR) is 65.3 cm³/mol. The fourth-order valence-electron chi connectivity index (χ4n) is 1.42. The number of nitrogens with one attached hydrogen (secondary N) is 1. The fourth-order valence-corrected chi connectivity index (χ4v) is 1.67. The molecule has 1 aliphatic heterocycles. The highest BCUT2D eigenvalue weighted by Gasteiger charge is 2.17. The maximum atomic E-state index is 5.95. The maximum Gasteiger partial charge on any atom is 0.133 e. The highest BCUT2D eigenvalue weighted by molar-refractivity contribution is 6.30. The summed E-state index contributed by atoms with van der Waals surface area (Å²) in [5.74, 6) is 0. The van der Waals surface area contributed by atoms with Gasteiger partial charge in [0.15, 0.2) is 0 Å². The Morgan fingerprint density at radius 2 is 2.27 bits per heavy atom. The lowest BCUT2D eigenvalue weighted by Gasteiger charge is -2.24. The van der Waals surface area contributed by atoms with E-state index < -0.39 is 0 Å². The highest BCUT2D eigenvalue weighted by atomic mass is 35.5. The Labute approximate surface area is 106 Å². The third-order valence-electron chi connectivity index (χ3n) is 2.09. The maximum absolute atomic E-state index is 5.95. The number of morpholine rings is 1. The first-order chi connectivity index (χ1) is 6.38. The van der Waals surface area contributed by atoms with Crippen LogP contribution >= 0.6 is 36.4 Å². The van der Waals surface area contributed by atoms with Crippen LogP contribution in [0, 0.1) is 0 Å². The minimum absolute atomic E-state index is 0. The molecule has 0 saturated carbocycles. The molecule has 0 bridgehead atoms. The van der Waals surface area contributed by atoms with Crippen LogP contribution < -0.4 is 5.32 Å². The molecule has 2 rings (SSSR count). The van der Waals surface area contributed by atoms with Gasteiger partial charge in [-0.25, -0.2) is 4.98 Å². The fraction of sp³-hybridized carbons (Fsp3) is 0.444. The molecule has 0 aliphatic carbocycles. The second-order valence-electron chi connectivity index (χ2n) is 2.97. The molecule has 15 heavy (non-hydrogen) atoms. The second-order valence-corrected chi connectivity index (χ2v) is 3.32. The quantitative estimate of drug-likeness (QED) is 0.796. The van der Waals surface area contributed by atoms with Crippen LogP contribution in [0.1, 0.15) is 11.6 Å². The second kappa shape index (κ2) is 7.25. The standard InChI is InChI=1S/C9H11ClN2O.2ClH/c10-9-7(2-1-3-12-9)8-6-13-5-4-11-8;;/h1-3,8,11H,4-6H2;2*1H. The predicted octanol–water partition coefficient (Wildman–Crippen LogP) is 2.24. The van der Waals surface area contributed by atoms with Crippen LogP contribution in [0.15, 0.2) is 18.3 Å². The van der Waals surface area contributed by atoms with Gasteiger partial charge < -0.3 is 10.1 Å². The lowest BCUT2D eigenvalue weighted by atomic mass is 10.1. The van der Waals surface area contributed by atoms with Gasteiger partial charge in [0.1, 0.15) is 5.15 Å². The summed E-state index contributed by atoms with van der Waals surface area (Å²) in [5, 5.41) is 3.89. The van der Waals surface area contributed by atoms with E-state index in [-0.39, 0.29) is 30.9 Å². The molecule has 0 spiro atoms. The molecular weight excluding hydrogens is 258 g/mol. The summed E-state index contributed by atoms with van der Waals surface area (Å²) >= 11 is 5.95. The van der Waals surface area contributed by atoms with E-state index in [1.54, 1.807) is 6.20 Å². The van der Waals surface area contributed by atoms with Crippen molar-refractivity contribution in [2.24, 2.45) is 0 Å². The summed E-state index contributed by atoms with van der Waals surface area (Å²) in [6.07, 6.45) is 1.69. The van der Waals surface area contributed by atoms with Crippen molar-refractivity contribution in [3.63, 3.8) is 0 Å². The van der Waals surface area contributed by atoms with Crippen LogP contribution in [0.3, 0.4) is 0 Å². The van der Waals surface area contributed by atoms with E-state index in [9.17, 15) is 0 Å². The first-order valence-corrected chi connectivity index (χ1v) is 4.67. The first-order valence-electron chi connectivity index (χ1n) is 4.29. The number of rotatable bonds is 1. The van der Waals surface area contributed by atoms with Crippen LogP contribution in [0.4, 0.5) is 0 Å². The number of hydrogen-bond acceptors (Lipinski definition) is 3. The summed E-state index contributed by atoms with van der Waals surface area (Å²) in [7, 11) is 0. The SMILES string of the molecule is Cl.Cl.Clc1ncccc1C1COCCN1. The van der Waals surface area contributed by atoms with E-state index in [0.717, 1.165) is 18.7 Å². The molecule has 1 aliphatic rings. The summed E-state index contributed by atoms with van der Waals surface area (Å²) in [6, 6.07) is 4.05. The normalized spacial score (nSPS) is 19.9. The van der Waals surface area contributed by atoms with Crippen molar-refractivity contribution in [2.45, 2.75) is 6.04 Å². The molecule has 0 aromatic carbocycles. The number of nitrogens with zero attached hydrogens (tertiary/aromatic N) is 1. The lowest BCUT2D eigenvalue weighted by Crippen LogP contribution is -2.34. The Kier molecular flexibility index (Phi) is 7.22. The van der Waals surface area contributed by atoms with Crippen molar-refractivity contribution < 1.29 is 4.74 Å². The van der Waals surface area contributed by atoms with E-state index in [1.807, 2.05) is 12.1 Å². The van der Waals surface area contributed by atoms with Gasteiger partial charge in [-0.1, -0.05) is 17.7 Å². The molecule has 1 unspecified atom stereocenters. The average Bonchev–Trinajstić information content (AvgIpc) is 2.20. The topological polar surface area (TPSA) is 34.1 Å². The molecule has 1 fully saturated rings. The highest BCUT2D eigenvalue weighted by Crippen LogP contribution is 2.21. The van der Waals surface area contributed by atoms with Gasteiger partial charge in [-0.05, 0) is 6.07 Å². The summed E-state index contributed by atoms with van der Waals surface area (Å²) in [6.45, 7) is 2.32. The molecule has 1 aromatic heterocycles. The molecule has 1 saturated heterocycles. The Morgan fingerprint density at radius 1 is 1.47 bits per heavy atom. The number of hydrogen-bond donors (Lipinski definition) is 1. The minimum atomic E-state index is 0. The van der Waals surface area contributed by atoms with Gasteiger partial charge in [0.05, 0.1) is 19.3 Å². The van der Waals surface area contributed by atoms with E-state index in [2.05, 4.69) is 10.3 Å². The van der Waals surface area contributed by atoms with E-state index in [1.165, 1.54) is 0 Å². The smallest absolute Gasteiger partial charge is 0.133 e. The van der Waals surface area contributed by atoms with Crippen LogP contribution in [-0.4, -0.2) is 24.7 Å². The average molecular weight is 272 g/mol. The number of pyridine rings is 1. The van der Waals surface area contributed by atoms with Crippen LogP contribution in [0.5, 0.6) is 0 Å². The molecule has 86 valence electrons. The Bertz CT molecular complexity index is 292. The van der Waals surface area contributed by atoms with Gasteiger partial charge in [0, 0.05) is 18.3 Å². The van der Waals surface area contributed by atoms with Crippen LogP contribution in [0.2, 0.25) is 5.15 Å². The Hall–Kier alpha value is -0.0600. The molecule has 3 nitrogen and oxygen atoms in total. The van der Waals surface area contributed by atoms with Crippen LogP contribution in [-0.2, 0) is 4.74 Å². The molecule has 0 radical (unpaired) electrons. The van der Waals surface area contributed by atoms with E-state index in [0.29, 0.717) is 11.8 Å². The molecular formula is C9H13Cl3N2O. The molecule has 0 amide bonds. The van der Waals surface area contributed by atoms with E-state index in [4.69, 9.17) is 16.3 Å². The third kappa shape index (κ3) is 3.78. The monoisotopic (exact) mass is 270 g/mol. The van der Waals surface area contributed by atoms with Crippen molar-refractivity contribution in [1.82, 2.24) is 10.3 Å². The van der Waals surface area contributed by atoms with Gasteiger partial charge in [0.2, 0.25) is 0 Å². The van der Waals surface area contributed by atoms with Gasteiger partial charge in [-0.3, -0.25) is 0 Å². The summed E-state index contributed by atoms with van der Waals surface area (Å²) < 4.78 is 5.34. The van der Waals surface area contributed by atoms with Crippen molar-refractivity contribution in [3.8, 4) is 0 Å². The van der Waals surface area contributed by atoms with Crippen molar-refractivity contribution in [3.05, 3.63) is 29.0 Å². The molecule has 2 heterocycles. The van der Waals surface area contributed by atoms with E-state index >= 15 is 0 Å². The first kappa shape index (κ1) is 14.9. The number of halogens is 3. The lowest BCUT2D eigenvalue weighted by molar-refractivity contribution is 0.0768.